The van der Waals surface area contributed by atoms with Gasteiger partial charge in [0.05, 0.1) is 16.8 Å². The van der Waals surface area contributed by atoms with E-state index < -0.39 is 0 Å². The number of nitrogens with one attached hydrogen (secondary N) is 1. The summed E-state index contributed by atoms with van der Waals surface area (Å²) in [7, 11) is 0. The fraction of sp³-hybridized carbons (Fsp3) is 0.333. The van der Waals surface area contributed by atoms with E-state index in [1.165, 1.54) is 6.42 Å². The molecule has 2 aromatic carbocycles. The molecule has 0 saturated carbocycles. The van der Waals surface area contributed by atoms with Gasteiger partial charge in [0, 0.05) is 30.1 Å². The van der Waals surface area contributed by atoms with Crippen molar-refractivity contribution in [2.75, 3.05) is 19.6 Å². The summed E-state index contributed by atoms with van der Waals surface area (Å²) < 4.78 is 0. The number of likely N-dealkylation sites (tertiary alicyclic amines) is 1. The lowest BCUT2D eigenvalue weighted by Gasteiger charge is -2.32. The predicted molar refractivity (Wildman–Crippen MR) is 114 cm³/mol. The monoisotopic (exact) mass is 373 g/mol. The minimum Gasteiger partial charge on any atom is -0.349 e. The van der Waals surface area contributed by atoms with Crippen LogP contribution in [0.15, 0.2) is 60.7 Å². The second-order valence-electron chi connectivity index (χ2n) is 7.53. The number of aromatic nitrogens is 1. The molecule has 0 aliphatic carbocycles. The van der Waals surface area contributed by atoms with Crippen molar-refractivity contribution in [3.05, 3.63) is 66.2 Å². The van der Waals surface area contributed by atoms with Crippen LogP contribution < -0.4 is 5.32 Å². The van der Waals surface area contributed by atoms with Crippen LogP contribution in [0.3, 0.4) is 0 Å². The summed E-state index contributed by atoms with van der Waals surface area (Å²) in [5.41, 5.74) is 3.42. The topological polar surface area (TPSA) is 45.2 Å². The van der Waals surface area contributed by atoms with Crippen LogP contribution in [-0.4, -0.2) is 41.5 Å². The molecule has 144 valence electrons. The molecule has 4 rings (SSSR count). The third-order valence-electron chi connectivity index (χ3n) is 5.49. The minimum atomic E-state index is 0.00437. The Hall–Kier alpha value is -2.72. The SMILES string of the molecule is CCCN1CCC(NC(=O)c2cc(-c3ccccc3)nc3ccccc23)CC1. The lowest BCUT2D eigenvalue weighted by Crippen LogP contribution is -2.44. The molecule has 0 atom stereocenters. The van der Waals surface area contributed by atoms with Crippen molar-refractivity contribution in [1.82, 2.24) is 15.2 Å². The first-order valence-electron chi connectivity index (χ1n) is 10.2. The number of pyridine rings is 1. The summed E-state index contributed by atoms with van der Waals surface area (Å²) >= 11 is 0. The first-order valence-corrected chi connectivity index (χ1v) is 10.2. The van der Waals surface area contributed by atoms with Crippen LogP contribution in [0.5, 0.6) is 0 Å². The number of amides is 1. The Balaban J connectivity index is 1.59. The zero-order valence-electron chi connectivity index (χ0n) is 16.4. The molecular weight excluding hydrogens is 346 g/mol. The van der Waals surface area contributed by atoms with E-state index in [9.17, 15) is 4.79 Å². The maximum Gasteiger partial charge on any atom is 0.252 e. The average Bonchev–Trinajstić information content (AvgIpc) is 2.75. The van der Waals surface area contributed by atoms with Gasteiger partial charge in [0.1, 0.15) is 0 Å². The molecule has 3 aromatic rings. The smallest absolute Gasteiger partial charge is 0.252 e. The highest BCUT2D eigenvalue weighted by Gasteiger charge is 2.22. The predicted octanol–water partition coefficient (Wildman–Crippen LogP) is 4.51. The number of fused-ring (bicyclic) bond motifs is 1. The van der Waals surface area contributed by atoms with E-state index in [1.807, 2.05) is 60.7 Å². The van der Waals surface area contributed by atoms with Gasteiger partial charge in [0.15, 0.2) is 0 Å². The Morgan fingerprint density at radius 2 is 1.79 bits per heavy atom. The molecule has 2 heterocycles. The van der Waals surface area contributed by atoms with Crippen molar-refractivity contribution in [2.45, 2.75) is 32.2 Å². The molecule has 28 heavy (non-hydrogen) atoms. The van der Waals surface area contributed by atoms with Gasteiger partial charge >= 0.3 is 0 Å². The number of piperidine rings is 1. The van der Waals surface area contributed by atoms with Crippen molar-refractivity contribution in [1.29, 1.82) is 0 Å². The zero-order chi connectivity index (χ0) is 19.3. The van der Waals surface area contributed by atoms with Gasteiger partial charge in [0.2, 0.25) is 0 Å². The quantitative estimate of drug-likeness (QED) is 0.716. The van der Waals surface area contributed by atoms with E-state index in [-0.39, 0.29) is 11.9 Å². The van der Waals surface area contributed by atoms with Gasteiger partial charge in [-0.1, -0.05) is 55.5 Å². The molecule has 1 amide bonds. The summed E-state index contributed by atoms with van der Waals surface area (Å²) in [6.45, 7) is 5.49. The molecule has 1 fully saturated rings. The molecule has 1 aliphatic rings. The van der Waals surface area contributed by atoms with Gasteiger partial charge in [-0.2, -0.15) is 0 Å². The Kier molecular flexibility index (Phi) is 5.68. The van der Waals surface area contributed by atoms with Crippen LogP contribution in [-0.2, 0) is 0 Å². The van der Waals surface area contributed by atoms with Gasteiger partial charge in [-0.15, -0.1) is 0 Å². The molecule has 1 N–H and O–H groups in total. The van der Waals surface area contributed by atoms with Crippen molar-refractivity contribution in [3.8, 4) is 11.3 Å². The number of hydrogen-bond donors (Lipinski definition) is 1. The van der Waals surface area contributed by atoms with Gasteiger partial charge in [0.25, 0.3) is 5.91 Å². The molecule has 4 nitrogen and oxygen atoms in total. The number of carbonyl (C=O) groups is 1. The van der Waals surface area contributed by atoms with Crippen LogP contribution in [0, 0.1) is 0 Å². The third-order valence-corrected chi connectivity index (χ3v) is 5.49. The maximum atomic E-state index is 13.2. The standard InChI is InChI=1S/C24H27N3O/c1-2-14-27-15-12-19(13-16-27)25-24(28)21-17-23(18-8-4-3-5-9-18)26-22-11-7-6-10-20(21)22/h3-11,17,19H,2,12-16H2,1H3,(H,25,28). The third kappa shape index (κ3) is 4.07. The van der Waals surface area contributed by atoms with Crippen molar-refractivity contribution in [2.24, 2.45) is 0 Å². The summed E-state index contributed by atoms with van der Waals surface area (Å²) in [4.78, 5) is 20.4. The Bertz CT molecular complexity index is 946. The largest absolute Gasteiger partial charge is 0.349 e. The van der Waals surface area contributed by atoms with E-state index in [4.69, 9.17) is 4.98 Å². The number of nitrogens with zero attached hydrogens (tertiary/aromatic N) is 2. The van der Waals surface area contributed by atoms with Gasteiger partial charge in [-0.3, -0.25) is 4.79 Å². The second kappa shape index (κ2) is 8.53. The summed E-state index contributed by atoms with van der Waals surface area (Å²) in [5, 5.41) is 4.18. The number of rotatable bonds is 5. The molecule has 1 saturated heterocycles. The maximum absolute atomic E-state index is 13.2. The molecule has 1 aromatic heterocycles. The van der Waals surface area contributed by atoms with Crippen LogP contribution in [0.4, 0.5) is 0 Å². The van der Waals surface area contributed by atoms with Gasteiger partial charge in [-0.25, -0.2) is 4.98 Å². The lowest BCUT2D eigenvalue weighted by molar-refractivity contribution is 0.0913. The lowest BCUT2D eigenvalue weighted by atomic mass is 10.0. The Morgan fingerprint density at radius 3 is 2.54 bits per heavy atom. The van der Waals surface area contributed by atoms with Crippen LogP contribution in [0.25, 0.3) is 22.2 Å². The van der Waals surface area contributed by atoms with Crippen LogP contribution in [0.1, 0.15) is 36.5 Å². The summed E-state index contributed by atoms with van der Waals surface area (Å²) in [6, 6.07) is 20.1. The average molecular weight is 374 g/mol. The highest BCUT2D eigenvalue weighted by Crippen LogP contribution is 2.25. The first kappa shape index (κ1) is 18.6. The van der Waals surface area contributed by atoms with E-state index in [0.717, 1.165) is 54.6 Å². The fourth-order valence-corrected chi connectivity index (χ4v) is 4.00. The first-order chi connectivity index (χ1) is 13.7. The number of carbonyl (C=O) groups excluding carboxylic acids is 1. The Labute approximate surface area is 166 Å². The fourth-order valence-electron chi connectivity index (χ4n) is 4.00. The van der Waals surface area contributed by atoms with Crippen LogP contribution in [0.2, 0.25) is 0 Å². The molecule has 0 unspecified atom stereocenters. The highest BCUT2D eigenvalue weighted by atomic mass is 16.1. The molecule has 0 radical (unpaired) electrons. The zero-order valence-corrected chi connectivity index (χ0v) is 16.4. The van der Waals surface area contributed by atoms with Crippen molar-refractivity contribution < 1.29 is 4.79 Å². The number of benzene rings is 2. The van der Waals surface area contributed by atoms with Crippen molar-refractivity contribution >= 4 is 16.8 Å². The van der Waals surface area contributed by atoms with E-state index >= 15 is 0 Å². The Morgan fingerprint density at radius 1 is 1.07 bits per heavy atom. The number of para-hydroxylation sites is 1. The molecule has 1 aliphatic heterocycles. The van der Waals surface area contributed by atoms with Gasteiger partial charge < -0.3 is 10.2 Å². The van der Waals surface area contributed by atoms with Crippen LogP contribution >= 0.6 is 0 Å². The number of hydrogen-bond acceptors (Lipinski definition) is 3. The molecular formula is C24H27N3O. The van der Waals surface area contributed by atoms with E-state index in [2.05, 4.69) is 17.1 Å². The summed E-state index contributed by atoms with van der Waals surface area (Å²) in [6.07, 6.45) is 3.21. The summed E-state index contributed by atoms with van der Waals surface area (Å²) in [5.74, 6) is 0.00437. The van der Waals surface area contributed by atoms with Crippen molar-refractivity contribution in [3.63, 3.8) is 0 Å². The molecule has 4 heteroatoms. The highest BCUT2D eigenvalue weighted by molar-refractivity contribution is 6.07. The molecule has 0 spiro atoms. The second-order valence-corrected chi connectivity index (χ2v) is 7.53. The molecule has 0 bridgehead atoms. The van der Waals surface area contributed by atoms with E-state index in [1.54, 1.807) is 0 Å². The van der Waals surface area contributed by atoms with E-state index in [0.29, 0.717) is 5.56 Å². The normalized spacial score (nSPS) is 15.6. The minimum absolute atomic E-state index is 0.00437. The van der Waals surface area contributed by atoms with Gasteiger partial charge in [-0.05, 0) is 37.9 Å².